The third kappa shape index (κ3) is 3.05. The molecule has 3 aromatic heterocycles. The summed E-state index contributed by atoms with van der Waals surface area (Å²) >= 11 is 0. The smallest absolute Gasteiger partial charge is 0.255 e. The van der Waals surface area contributed by atoms with Gasteiger partial charge in [-0.25, -0.2) is 9.97 Å². The van der Waals surface area contributed by atoms with E-state index in [1.54, 1.807) is 65.4 Å². The second-order valence-electron chi connectivity index (χ2n) is 5.52. The lowest BCUT2D eigenvalue weighted by Crippen LogP contribution is -2.13. The Morgan fingerprint density at radius 1 is 1.15 bits per heavy atom. The number of tetrazole rings is 1. The van der Waals surface area contributed by atoms with Crippen LogP contribution in [-0.4, -0.2) is 40.6 Å². The SMILES string of the molecule is Cc1nnnn1-c1cccc(NC(=O)c2ccnc(-n3ccnc3)c2)c1. The van der Waals surface area contributed by atoms with Gasteiger partial charge in [0.1, 0.15) is 12.1 Å². The van der Waals surface area contributed by atoms with E-state index in [1.165, 1.54) is 0 Å². The molecule has 9 nitrogen and oxygen atoms in total. The van der Waals surface area contributed by atoms with Crippen LogP contribution in [0.4, 0.5) is 5.69 Å². The highest BCUT2D eigenvalue weighted by Gasteiger charge is 2.10. The molecular weight excluding hydrogens is 332 g/mol. The van der Waals surface area contributed by atoms with E-state index in [0.29, 0.717) is 22.9 Å². The van der Waals surface area contributed by atoms with Crippen molar-refractivity contribution in [2.75, 3.05) is 5.32 Å². The van der Waals surface area contributed by atoms with Crippen molar-refractivity contribution in [3.8, 4) is 11.5 Å². The molecule has 0 bridgehead atoms. The molecule has 0 aliphatic rings. The maximum atomic E-state index is 12.6. The van der Waals surface area contributed by atoms with Crippen LogP contribution in [-0.2, 0) is 0 Å². The summed E-state index contributed by atoms with van der Waals surface area (Å²) in [5.41, 5.74) is 1.90. The third-order valence-corrected chi connectivity index (χ3v) is 3.75. The highest BCUT2D eigenvalue weighted by molar-refractivity contribution is 6.04. The first kappa shape index (κ1) is 15.6. The van der Waals surface area contributed by atoms with Gasteiger partial charge < -0.3 is 5.32 Å². The number of aryl methyl sites for hydroxylation is 1. The van der Waals surface area contributed by atoms with Gasteiger partial charge in [0, 0.05) is 29.8 Å². The minimum absolute atomic E-state index is 0.237. The molecule has 0 unspecified atom stereocenters. The van der Waals surface area contributed by atoms with Crippen LogP contribution in [0.15, 0.2) is 61.3 Å². The number of hydrogen-bond donors (Lipinski definition) is 1. The zero-order valence-electron chi connectivity index (χ0n) is 13.8. The van der Waals surface area contributed by atoms with Crippen molar-refractivity contribution in [3.05, 3.63) is 72.7 Å². The monoisotopic (exact) mass is 346 g/mol. The van der Waals surface area contributed by atoms with Gasteiger partial charge in [-0.05, 0) is 47.7 Å². The van der Waals surface area contributed by atoms with E-state index >= 15 is 0 Å². The van der Waals surface area contributed by atoms with Crippen LogP contribution in [0.1, 0.15) is 16.2 Å². The maximum Gasteiger partial charge on any atom is 0.255 e. The van der Waals surface area contributed by atoms with E-state index in [9.17, 15) is 4.79 Å². The molecular formula is C17H14N8O. The van der Waals surface area contributed by atoms with E-state index in [0.717, 1.165) is 5.69 Å². The minimum Gasteiger partial charge on any atom is -0.322 e. The van der Waals surface area contributed by atoms with Crippen molar-refractivity contribution >= 4 is 11.6 Å². The highest BCUT2D eigenvalue weighted by Crippen LogP contribution is 2.16. The first-order valence-electron chi connectivity index (χ1n) is 7.82. The molecule has 1 N–H and O–H groups in total. The summed E-state index contributed by atoms with van der Waals surface area (Å²) < 4.78 is 3.33. The Kier molecular flexibility index (Phi) is 3.94. The molecule has 1 amide bonds. The molecule has 0 spiro atoms. The lowest BCUT2D eigenvalue weighted by Gasteiger charge is -2.09. The second kappa shape index (κ2) is 6.55. The first-order valence-corrected chi connectivity index (χ1v) is 7.82. The molecule has 4 aromatic rings. The predicted molar refractivity (Wildman–Crippen MR) is 93.2 cm³/mol. The Labute approximate surface area is 148 Å². The average Bonchev–Trinajstić information content (AvgIpc) is 3.34. The normalized spacial score (nSPS) is 10.7. The van der Waals surface area contributed by atoms with Gasteiger partial charge >= 0.3 is 0 Å². The number of benzene rings is 1. The van der Waals surface area contributed by atoms with Crippen molar-refractivity contribution in [1.82, 2.24) is 34.7 Å². The Morgan fingerprint density at radius 3 is 2.85 bits per heavy atom. The summed E-state index contributed by atoms with van der Waals surface area (Å²) in [5.74, 6) is 1.04. The number of hydrogen-bond acceptors (Lipinski definition) is 6. The summed E-state index contributed by atoms with van der Waals surface area (Å²) in [6.07, 6.45) is 6.63. The van der Waals surface area contributed by atoms with Gasteiger partial charge in [-0.15, -0.1) is 5.10 Å². The summed E-state index contributed by atoms with van der Waals surface area (Å²) in [6.45, 7) is 1.81. The molecule has 26 heavy (non-hydrogen) atoms. The van der Waals surface area contributed by atoms with Crippen LogP contribution in [0.25, 0.3) is 11.5 Å². The topological polar surface area (TPSA) is 103 Å². The van der Waals surface area contributed by atoms with E-state index in [4.69, 9.17) is 0 Å². The minimum atomic E-state index is -0.237. The fourth-order valence-electron chi connectivity index (χ4n) is 2.48. The number of nitrogens with zero attached hydrogens (tertiary/aromatic N) is 7. The van der Waals surface area contributed by atoms with Crippen LogP contribution >= 0.6 is 0 Å². The molecule has 0 atom stereocenters. The van der Waals surface area contributed by atoms with Crippen molar-refractivity contribution in [2.24, 2.45) is 0 Å². The lowest BCUT2D eigenvalue weighted by molar-refractivity contribution is 0.102. The van der Waals surface area contributed by atoms with Crippen molar-refractivity contribution < 1.29 is 4.79 Å². The largest absolute Gasteiger partial charge is 0.322 e. The number of amides is 1. The van der Waals surface area contributed by atoms with Crippen molar-refractivity contribution in [1.29, 1.82) is 0 Å². The number of aromatic nitrogens is 7. The average molecular weight is 346 g/mol. The number of carbonyl (C=O) groups excluding carboxylic acids is 1. The maximum absolute atomic E-state index is 12.6. The number of anilines is 1. The summed E-state index contributed by atoms with van der Waals surface area (Å²) in [5, 5.41) is 14.3. The Hall–Kier alpha value is -3.88. The van der Waals surface area contributed by atoms with E-state index in [-0.39, 0.29) is 5.91 Å². The molecule has 0 fully saturated rings. The standard InChI is InChI=1S/C17H14N8O/c1-12-21-22-23-25(12)15-4-2-3-14(10-15)20-17(26)13-5-6-19-16(9-13)24-8-7-18-11-24/h2-11H,1H3,(H,20,26). The molecule has 3 heterocycles. The highest BCUT2D eigenvalue weighted by atomic mass is 16.1. The zero-order valence-corrected chi connectivity index (χ0v) is 13.8. The Morgan fingerprint density at radius 2 is 2.08 bits per heavy atom. The van der Waals surface area contributed by atoms with Crippen molar-refractivity contribution in [2.45, 2.75) is 6.92 Å². The molecule has 0 radical (unpaired) electrons. The van der Waals surface area contributed by atoms with Gasteiger partial charge in [-0.2, -0.15) is 4.68 Å². The van der Waals surface area contributed by atoms with E-state index in [2.05, 4.69) is 30.8 Å². The van der Waals surface area contributed by atoms with E-state index < -0.39 is 0 Å². The fourth-order valence-corrected chi connectivity index (χ4v) is 2.48. The number of carbonyl (C=O) groups is 1. The molecule has 0 saturated carbocycles. The molecule has 0 saturated heterocycles. The Bertz CT molecular complexity index is 1050. The quantitative estimate of drug-likeness (QED) is 0.604. The second-order valence-corrected chi connectivity index (χ2v) is 5.52. The third-order valence-electron chi connectivity index (χ3n) is 3.75. The number of pyridine rings is 1. The Balaban J connectivity index is 1.57. The summed E-state index contributed by atoms with van der Waals surface area (Å²) in [7, 11) is 0. The molecule has 9 heteroatoms. The van der Waals surface area contributed by atoms with Gasteiger partial charge in [0.15, 0.2) is 5.82 Å². The van der Waals surface area contributed by atoms with E-state index in [1.807, 2.05) is 12.1 Å². The van der Waals surface area contributed by atoms with Gasteiger partial charge in [-0.3, -0.25) is 9.36 Å². The van der Waals surface area contributed by atoms with Crippen molar-refractivity contribution in [3.63, 3.8) is 0 Å². The van der Waals surface area contributed by atoms with Crippen LogP contribution in [0, 0.1) is 6.92 Å². The molecule has 1 aromatic carbocycles. The summed E-state index contributed by atoms with van der Waals surface area (Å²) in [6, 6.07) is 10.7. The summed E-state index contributed by atoms with van der Waals surface area (Å²) in [4.78, 5) is 20.8. The number of rotatable bonds is 4. The van der Waals surface area contributed by atoms with Crippen LogP contribution < -0.4 is 5.32 Å². The fraction of sp³-hybridized carbons (Fsp3) is 0.0588. The number of imidazole rings is 1. The molecule has 0 aliphatic carbocycles. The first-order chi connectivity index (χ1) is 12.7. The predicted octanol–water partition coefficient (Wildman–Crippen LogP) is 1.80. The van der Waals surface area contributed by atoms with Crippen LogP contribution in [0.3, 0.4) is 0 Å². The van der Waals surface area contributed by atoms with Crippen LogP contribution in [0.2, 0.25) is 0 Å². The molecule has 128 valence electrons. The molecule has 0 aliphatic heterocycles. The number of nitrogens with one attached hydrogen (secondary N) is 1. The van der Waals surface area contributed by atoms with Crippen LogP contribution in [0.5, 0.6) is 0 Å². The lowest BCUT2D eigenvalue weighted by atomic mass is 10.2. The van der Waals surface area contributed by atoms with Gasteiger partial charge in [-0.1, -0.05) is 6.07 Å². The zero-order chi connectivity index (χ0) is 17.9. The van der Waals surface area contributed by atoms with Gasteiger partial charge in [0.05, 0.1) is 5.69 Å². The molecule has 4 rings (SSSR count). The van der Waals surface area contributed by atoms with Gasteiger partial charge in [0.25, 0.3) is 5.91 Å². The van der Waals surface area contributed by atoms with Gasteiger partial charge in [0.2, 0.25) is 0 Å².